The average Bonchev–Trinajstić information content (AvgIpc) is 3.16. The predicted molar refractivity (Wildman–Crippen MR) is 99.4 cm³/mol. The average molecular weight is 393 g/mol. The summed E-state index contributed by atoms with van der Waals surface area (Å²) >= 11 is 2.81. The quantitative estimate of drug-likeness (QED) is 0.801. The molecule has 0 radical (unpaired) electrons. The maximum atomic E-state index is 12.5. The van der Waals surface area contributed by atoms with E-state index in [4.69, 9.17) is 0 Å². The molecular weight excluding hydrogens is 374 g/mol. The monoisotopic (exact) mass is 393 g/mol. The molecule has 0 bridgehead atoms. The lowest BCUT2D eigenvalue weighted by Crippen LogP contribution is -2.31. The first-order valence-electron chi connectivity index (χ1n) is 8.57. The molecule has 3 heterocycles. The number of carboxylic acid groups (broad SMARTS) is 1. The molecule has 138 valence electrons. The van der Waals surface area contributed by atoms with E-state index in [2.05, 4.69) is 4.98 Å². The maximum Gasteiger partial charge on any atom is 0.308 e. The van der Waals surface area contributed by atoms with Crippen molar-refractivity contribution in [2.75, 3.05) is 18.8 Å². The number of carboxylic acids is 1. The summed E-state index contributed by atoms with van der Waals surface area (Å²) in [6, 6.07) is 1.50. The molecule has 1 saturated carbocycles. The molecule has 1 N–H and O–H groups in total. The number of hydrogen-bond donors (Lipinski definition) is 1. The second-order valence-corrected chi connectivity index (χ2v) is 8.74. The highest BCUT2D eigenvalue weighted by atomic mass is 32.2. The Kier molecular flexibility index (Phi) is 4.74. The van der Waals surface area contributed by atoms with Crippen molar-refractivity contribution in [1.29, 1.82) is 0 Å². The summed E-state index contributed by atoms with van der Waals surface area (Å²) in [5.74, 6) is 0.0736. The number of fused-ring (bicyclic) bond motifs is 1. The van der Waals surface area contributed by atoms with E-state index in [1.165, 1.54) is 33.6 Å². The molecule has 0 unspecified atom stereocenters. The number of carbonyl (C=O) groups is 2. The van der Waals surface area contributed by atoms with Crippen LogP contribution in [-0.2, 0) is 15.3 Å². The van der Waals surface area contributed by atoms with Crippen molar-refractivity contribution in [3.63, 3.8) is 0 Å². The van der Waals surface area contributed by atoms with Gasteiger partial charge in [-0.05, 0) is 24.7 Å². The topological polar surface area (TPSA) is 92.0 Å². The van der Waals surface area contributed by atoms with Gasteiger partial charge in [-0.2, -0.15) is 0 Å². The highest BCUT2D eigenvalue weighted by molar-refractivity contribution is 7.99. The van der Waals surface area contributed by atoms with Crippen molar-refractivity contribution in [1.82, 2.24) is 14.3 Å². The number of carbonyl (C=O) groups excluding carboxylic acids is 1. The minimum atomic E-state index is -0.793. The number of amides is 1. The summed E-state index contributed by atoms with van der Waals surface area (Å²) in [7, 11) is 0. The first-order chi connectivity index (χ1) is 12.5. The third-order valence-corrected chi connectivity index (χ3v) is 6.80. The van der Waals surface area contributed by atoms with Crippen LogP contribution < -0.4 is 5.56 Å². The zero-order chi connectivity index (χ0) is 18.3. The molecule has 26 heavy (non-hydrogen) atoms. The zero-order valence-corrected chi connectivity index (χ0v) is 15.7. The number of hydrogen-bond acceptors (Lipinski definition) is 6. The van der Waals surface area contributed by atoms with E-state index in [-0.39, 0.29) is 23.1 Å². The van der Waals surface area contributed by atoms with Crippen LogP contribution in [0.25, 0.3) is 4.96 Å². The smallest absolute Gasteiger partial charge is 0.308 e. The zero-order valence-electron chi connectivity index (χ0n) is 14.0. The van der Waals surface area contributed by atoms with Gasteiger partial charge in [-0.3, -0.25) is 18.8 Å². The van der Waals surface area contributed by atoms with Crippen LogP contribution in [0.2, 0.25) is 0 Å². The molecule has 0 aromatic carbocycles. The highest BCUT2D eigenvalue weighted by Gasteiger charge is 2.46. The number of aromatic nitrogens is 2. The normalized spacial score (nSPS) is 22.8. The number of nitrogens with zero attached hydrogens (tertiary/aromatic N) is 3. The van der Waals surface area contributed by atoms with E-state index in [0.717, 1.165) is 12.8 Å². The predicted octanol–water partition coefficient (Wildman–Crippen LogP) is 1.56. The molecule has 2 aliphatic rings. The van der Waals surface area contributed by atoms with E-state index in [0.29, 0.717) is 35.4 Å². The van der Waals surface area contributed by atoms with Crippen LogP contribution in [0.4, 0.5) is 0 Å². The van der Waals surface area contributed by atoms with Crippen molar-refractivity contribution in [3.8, 4) is 0 Å². The van der Waals surface area contributed by atoms with Gasteiger partial charge in [0.15, 0.2) is 4.96 Å². The summed E-state index contributed by atoms with van der Waals surface area (Å²) < 4.78 is 1.50. The first-order valence-corrected chi connectivity index (χ1v) is 10.6. The lowest BCUT2D eigenvalue weighted by atomic mass is 9.92. The fourth-order valence-corrected chi connectivity index (χ4v) is 5.15. The maximum absolute atomic E-state index is 12.5. The van der Waals surface area contributed by atoms with Crippen LogP contribution in [0.1, 0.15) is 18.5 Å². The molecule has 1 aliphatic heterocycles. The first kappa shape index (κ1) is 17.5. The van der Waals surface area contributed by atoms with Gasteiger partial charge < -0.3 is 10.0 Å². The van der Waals surface area contributed by atoms with Crippen LogP contribution in [-0.4, -0.2) is 50.1 Å². The van der Waals surface area contributed by atoms with Gasteiger partial charge in [0.1, 0.15) is 0 Å². The fourth-order valence-electron chi connectivity index (χ4n) is 3.59. The minimum absolute atomic E-state index is 0.0293. The van der Waals surface area contributed by atoms with Crippen molar-refractivity contribution >= 4 is 39.9 Å². The summed E-state index contributed by atoms with van der Waals surface area (Å²) in [4.78, 5) is 42.6. The molecule has 0 spiro atoms. The molecule has 2 atom stereocenters. The lowest BCUT2D eigenvalue weighted by Gasteiger charge is -2.16. The standard InChI is InChI=1S/C17H19N3O4S2/c21-14-5-11(18-17-20(14)3-4-26-17)8-25-9-15(22)19-6-12(10-1-2-10)13(7-19)16(23)24/h3-5,10,12-13H,1-2,6-9H2,(H,23,24)/t12-,13+/m1/s1. The third-order valence-electron chi connectivity index (χ3n) is 5.09. The minimum Gasteiger partial charge on any atom is -0.481 e. The van der Waals surface area contributed by atoms with Gasteiger partial charge in [-0.15, -0.1) is 23.1 Å². The molecule has 1 saturated heterocycles. The number of thioether (sulfide) groups is 1. The molecule has 2 aromatic rings. The van der Waals surface area contributed by atoms with Crippen molar-refractivity contribution in [3.05, 3.63) is 33.7 Å². The molecule has 1 amide bonds. The van der Waals surface area contributed by atoms with Crippen LogP contribution in [0.5, 0.6) is 0 Å². The largest absolute Gasteiger partial charge is 0.481 e. The Balaban J connectivity index is 1.33. The molecule has 9 heteroatoms. The molecule has 7 nitrogen and oxygen atoms in total. The second kappa shape index (κ2) is 7.03. The second-order valence-electron chi connectivity index (χ2n) is 6.88. The highest BCUT2D eigenvalue weighted by Crippen LogP contribution is 2.44. The van der Waals surface area contributed by atoms with Crippen LogP contribution >= 0.6 is 23.1 Å². The van der Waals surface area contributed by atoms with Crippen molar-refractivity contribution in [2.24, 2.45) is 17.8 Å². The molecule has 2 fully saturated rings. The summed E-state index contributed by atoms with van der Waals surface area (Å²) in [6.07, 6.45) is 3.85. The van der Waals surface area contributed by atoms with Crippen molar-refractivity contribution < 1.29 is 14.7 Å². The molecule has 2 aromatic heterocycles. The summed E-state index contributed by atoms with van der Waals surface area (Å²) in [5, 5.41) is 11.2. The Morgan fingerprint density at radius 1 is 1.35 bits per heavy atom. The van der Waals surface area contributed by atoms with Gasteiger partial charge in [0, 0.05) is 36.5 Å². The number of aliphatic carboxylic acids is 1. The van der Waals surface area contributed by atoms with E-state index < -0.39 is 11.9 Å². The van der Waals surface area contributed by atoms with Gasteiger partial charge in [0.2, 0.25) is 5.91 Å². The SMILES string of the molecule is O=C(O)[C@H]1CN(C(=O)CSCc2cc(=O)n3ccsc3n2)C[C@@H]1C1CC1. The van der Waals surface area contributed by atoms with Gasteiger partial charge in [-0.1, -0.05) is 0 Å². The Morgan fingerprint density at radius 2 is 2.15 bits per heavy atom. The van der Waals surface area contributed by atoms with E-state index in [1.54, 1.807) is 11.1 Å². The van der Waals surface area contributed by atoms with Crippen LogP contribution in [0, 0.1) is 17.8 Å². The van der Waals surface area contributed by atoms with E-state index in [1.807, 2.05) is 5.38 Å². The number of likely N-dealkylation sites (tertiary alicyclic amines) is 1. The van der Waals surface area contributed by atoms with Gasteiger partial charge >= 0.3 is 5.97 Å². The number of thiazole rings is 1. The number of rotatable bonds is 6. The van der Waals surface area contributed by atoms with E-state index >= 15 is 0 Å². The Morgan fingerprint density at radius 3 is 2.88 bits per heavy atom. The van der Waals surface area contributed by atoms with Gasteiger partial charge in [0.05, 0.1) is 17.4 Å². The van der Waals surface area contributed by atoms with Crippen LogP contribution in [0.15, 0.2) is 22.4 Å². The fraction of sp³-hybridized carbons (Fsp3) is 0.529. The summed E-state index contributed by atoms with van der Waals surface area (Å²) in [6.45, 7) is 0.873. The Bertz CT molecular complexity index is 905. The lowest BCUT2D eigenvalue weighted by molar-refractivity contribution is -0.142. The van der Waals surface area contributed by atoms with Crippen molar-refractivity contribution in [2.45, 2.75) is 18.6 Å². The molecule has 1 aliphatic carbocycles. The Labute approximate surface area is 158 Å². The summed E-state index contributed by atoms with van der Waals surface area (Å²) in [5.41, 5.74) is 0.547. The third kappa shape index (κ3) is 3.50. The van der Waals surface area contributed by atoms with Gasteiger partial charge in [-0.25, -0.2) is 4.98 Å². The van der Waals surface area contributed by atoms with E-state index in [9.17, 15) is 19.5 Å². The Hall–Kier alpha value is -1.87. The molecular formula is C17H19N3O4S2. The van der Waals surface area contributed by atoms with Gasteiger partial charge in [0.25, 0.3) is 5.56 Å². The molecule has 4 rings (SSSR count). The van der Waals surface area contributed by atoms with Crippen LogP contribution in [0.3, 0.4) is 0 Å².